The summed E-state index contributed by atoms with van der Waals surface area (Å²) < 4.78 is 27.6. The first-order valence-corrected chi connectivity index (χ1v) is 11.7. The third kappa shape index (κ3) is 5.40. The van der Waals surface area contributed by atoms with Gasteiger partial charge in [-0.05, 0) is 72.8 Å². The summed E-state index contributed by atoms with van der Waals surface area (Å²) >= 11 is 1.55. The van der Waals surface area contributed by atoms with Crippen LogP contribution in [-0.4, -0.2) is 20.6 Å². The second kappa shape index (κ2) is 9.15. The molecule has 150 valence electrons. The quantitative estimate of drug-likeness (QED) is 0.548. The highest BCUT2D eigenvalue weighted by molar-refractivity contribution is 7.98. The second-order valence-electron chi connectivity index (χ2n) is 6.47. The largest absolute Gasteiger partial charge is 0.348 e. The number of carbonyl (C=O) groups excluding carboxylic acids is 1. The van der Waals surface area contributed by atoms with Crippen LogP contribution in [0.5, 0.6) is 0 Å². The van der Waals surface area contributed by atoms with Crippen molar-refractivity contribution in [2.75, 3.05) is 11.0 Å². The summed E-state index contributed by atoms with van der Waals surface area (Å²) in [6.45, 7) is 2.43. The van der Waals surface area contributed by atoms with Crippen LogP contribution < -0.4 is 10.0 Å². The second-order valence-corrected chi connectivity index (χ2v) is 9.03. The van der Waals surface area contributed by atoms with E-state index in [1.807, 2.05) is 37.4 Å². The number of rotatable bonds is 7. The van der Waals surface area contributed by atoms with Crippen LogP contribution in [0.3, 0.4) is 0 Å². The van der Waals surface area contributed by atoms with Gasteiger partial charge in [-0.2, -0.15) is 0 Å². The van der Waals surface area contributed by atoms with E-state index in [-0.39, 0.29) is 10.8 Å². The Morgan fingerprint density at radius 1 is 0.931 bits per heavy atom. The van der Waals surface area contributed by atoms with Gasteiger partial charge in [0, 0.05) is 22.7 Å². The number of carbonyl (C=O) groups is 1. The van der Waals surface area contributed by atoms with Crippen LogP contribution in [0.1, 0.15) is 21.5 Å². The Labute approximate surface area is 175 Å². The molecule has 0 bridgehead atoms. The third-order valence-corrected chi connectivity index (χ3v) is 6.61. The predicted octanol–water partition coefficient (Wildman–Crippen LogP) is 4.45. The van der Waals surface area contributed by atoms with Crippen LogP contribution in [-0.2, 0) is 16.6 Å². The first-order chi connectivity index (χ1) is 13.9. The summed E-state index contributed by atoms with van der Waals surface area (Å²) in [4.78, 5) is 13.5. The molecule has 0 aliphatic carbocycles. The number of nitrogens with one attached hydrogen (secondary N) is 2. The number of benzene rings is 3. The van der Waals surface area contributed by atoms with E-state index in [4.69, 9.17) is 0 Å². The summed E-state index contributed by atoms with van der Waals surface area (Å²) in [5, 5.41) is 2.88. The van der Waals surface area contributed by atoms with Crippen LogP contribution in [0, 0.1) is 6.92 Å². The molecule has 0 radical (unpaired) electrons. The monoisotopic (exact) mass is 426 g/mol. The van der Waals surface area contributed by atoms with Gasteiger partial charge in [0.15, 0.2) is 0 Å². The number of hydrogen-bond donors (Lipinski definition) is 2. The standard InChI is InChI=1S/C22H22N2O3S2/c1-16-5-3-4-6-18(16)15-23-22(25)17-7-9-19(10-8-17)24-29(26,27)21-13-11-20(28-2)12-14-21/h3-14,24H,15H2,1-2H3,(H,23,25). The highest BCUT2D eigenvalue weighted by Gasteiger charge is 2.14. The van der Waals surface area contributed by atoms with E-state index in [1.54, 1.807) is 60.3 Å². The summed E-state index contributed by atoms with van der Waals surface area (Å²) in [5.41, 5.74) is 3.03. The highest BCUT2D eigenvalue weighted by atomic mass is 32.2. The Kier molecular flexibility index (Phi) is 6.61. The number of hydrogen-bond acceptors (Lipinski definition) is 4. The molecular formula is C22H22N2O3S2. The van der Waals surface area contributed by atoms with E-state index < -0.39 is 10.0 Å². The van der Waals surface area contributed by atoms with Gasteiger partial charge in [-0.25, -0.2) is 8.42 Å². The minimum absolute atomic E-state index is 0.190. The fourth-order valence-corrected chi connectivity index (χ4v) is 4.21. The maximum absolute atomic E-state index is 12.5. The number of amides is 1. The smallest absolute Gasteiger partial charge is 0.261 e. The van der Waals surface area contributed by atoms with Crippen molar-refractivity contribution in [2.24, 2.45) is 0 Å². The van der Waals surface area contributed by atoms with E-state index in [0.717, 1.165) is 16.0 Å². The van der Waals surface area contributed by atoms with Gasteiger partial charge in [-0.15, -0.1) is 11.8 Å². The molecule has 0 aliphatic heterocycles. The van der Waals surface area contributed by atoms with Gasteiger partial charge >= 0.3 is 0 Å². The molecule has 7 heteroatoms. The summed E-state index contributed by atoms with van der Waals surface area (Å²) in [7, 11) is -3.68. The molecule has 0 saturated heterocycles. The molecule has 3 rings (SSSR count). The van der Waals surface area contributed by atoms with Crippen LogP contribution in [0.4, 0.5) is 5.69 Å². The van der Waals surface area contributed by atoms with E-state index in [0.29, 0.717) is 17.8 Å². The lowest BCUT2D eigenvalue weighted by molar-refractivity contribution is 0.0951. The van der Waals surface area contributed by atoms with Crippen LogP contribution in [0.2, 0.25) is 0 Å². The van der Waals surface area contributed by atoms with Crippen molar-refractivity contribution in [3.63, 3.8) is 0 Å². The molecule has 0 aliphatic rings. The number of anilines is 1. The molecule has 5 nitrogen and oxygen atoms in total. The molecule has 0 unspecified atom stereocenters. The van der Waals surface area contributed by atoms with Gasteiger partial charge in [0.05, 0.1) is 4.90 Å². The number of aryl methyl sites for hydroxylation is 1. The van der Waals surface area contributed by atoms with Gasteiger partial charge in [-0.3, -0.25) is 9.52 Å². The normalized spacial score (nSPS) is 11.1. The maximum Gasteiger partial charge on any atom is 0.261 e. The molecule has 0 heterocycles. The molecule has 0 saturated carbocycles. The molecule has 2 N–H and O–H groups in total. The van der Waals surface area contributed by atoms with Gasteiger partial charge < -0.3 is 5.32 Å². The molecule has 3 aromatic rings. The van der Waals surface area contributed by atoms with Crippen molar-refractivity contribution in [3.8, 4) is 0 Å². The van der Waals surface area contributed by atoms with Gasteiger partial charge in [0.2, 0.25) is 0 Å². The molecule has 0 aromatic heterocycles. The average Bonchev–Trinajstić information content (AvgIpc) is 2.73. The Bertz CT molecular complexity index is 1090. The fourth-order valence-electron chi connectivity index (χ4n) is 2.74. The van der Waals surface area contributed by atoms with E-state index in [9.17, 15) is 13.2 Å². The number of thioether (sulfide) groups is 1. The lowest BCUT2D eigenvalue weighted by Gasteiger charge is -2.10. The zero-order chi connectivity index (χ0) is 20.9. The molecule has 1 amide bonds. The van der Waals surface area contributed by atoms with Crippen molar-refractivity contribution >= 4 is 33.4 Å². The van der Waals surface area contributed by atoms with Crippen LogP contribution in [0.25, 0.3) is 0 Å². The Morgan fingerprint density at radius 2 is 1.59 bits per heavy atom. The summed E-state index contributed by atoms with van der Waals surface area (Å²) in [6, 6.07) is 20.9. The fraction of sp³-hybridized carbons (Fsp3) is 0.136. The Balaban J connectivity index is 1.64. The van der Waals surface area contributed by atoms with Crippen molar-refractivity contribution in [1.29, 1.82) is 0 Å². The van der Waals surface area contributed by atoms with Gasteiger partial charge in [-0.1, -0.05) is 24.3 Å². The maximum atomic E-state index is 12.5. The molecule has 0 fully saturated rings. The van der Waals surface area contributed by atoms with Crippen LogP contribution >= 0.6 is 11.8 Å². The van der Waals surface area contributed by atoms with Crippen molar-refractivity contribution in [2.45, 2.75) is 23.3 Å². The van der Waals surface area contributed by atoms with Crippen LogP contribution in [0.15, 0.2) is 82.6 Å². The van der Waals surface area contributed by atoms with Crippen molar-refractivity contribution in [1.82, 2.24) is 5.32 Å². The lowest BCUT2D eigenvalue weighted by atomic mass is 10.1. The summed E-state index contributed by atoms with van der Waals surface area (Å²) in [6.07, 6.45) is 1.93. The molecule has 0 atom stereocenters. The first-order valence-electron chi connectivity index (χ1n) is 8.99. The molecular weight excluding hydrogens is 404 g/mol. The minimum Gasteiger partial charge on any atom is -0.348 e. The van der Waals surface area contributed by atoms with E-state index >= 15 is 0 Å². The molecule has 29 heavy (non-hydrogen) atoms. The van der Waals surface area contributed by atoms with E-state index in [2.05, 4.69) is 10.0 Å². The summed E-state index contributed by atoms with van der Waals surface area (Å²) in [5.74, 6) is -0.213. The van der Waals surface area contributed by atoms with Gasteiger partial charge in [0.1, 0.15) is 0 Å². The highest BCUT2D eigenvalue weighted by Crippen LogP contribution is 2.20. The Hall–Kier alpha value is -2.77. The van der Waals surface area contributed by atoms with Crippen molar-refractivity contribution in [3.05, 3.63) is 89.5 Å². The lowest BCUT2D eigenvalue weighted by Crippen LogP contribution is -2.23. The zero-order valence-electron chi connectivity index (χ0n) is 16.2. The number of sulfonamides is 1. The topological polar surface area (TPSA) is 75.3 Å². The third-order valence-electron chi connectivity index (χ3n) is 4.47. The zero-order valence-corrected chi connectivity index (χ0v) is 17.8. The molecule has 0 spiro atoms. The predicted molar refractivity (Wildman–Crippen MR) is 118 cm³/mol. The van der Waals surface area contributed by atoms with Gasteiger partial charge in [0.25, 0.3) is 15.9 Å². The molecule has 3 aromatic carbocycles. The Morgan fingerprint density at radius 3 is 2.21 bits per heavy atom. The minimum atomic E-state index is -3.68. The van der Waals surface area contributed by atoms with E-state index in [1.165, 1.54) is 0 Å². The average molecular weight is 427 g/mol. The first kappa shape index (κ1) is 21.0. The SMILES string of the molecule is CSc1ccc(S(=O)(=O)Nc2ccc(C(=O)NCc3ccccc3C)cc2)cc1. The van der Waals surface area contributed by atoms with Crippen molar-refractivity contribution < 1.29 is 13.2 Å².